The van der Waals surface area contributed by atoms with E-state index < -0.39 is 18.8 Å². The molecule has 0 aliphatic carbocycles. The van der Waals surface area contributed by atoms with Gasteiger partial charge in [-0.1, -0.05) is 11.8 Å². The molecule has 0 saturated carbocycles. The van der Waals surface area contributed by atoms with E-state index in [2.05, 4.69) is 4.74 Å². The minimum absolute atomic E-state index is 0.00185. The van der Waals surface area contributed by atoms with Crippen molar-refractivity contribution in [3.05, 3.63) is 29.8 Å². The third-order valence-electron chi connectivity index (χ3n) is 2.48. The van der Waals surface area contributed by atoms with Crippen LogP contribution in [-0.2, 0) is 9.53 Å². The van der Waals surface area contributed by atoms with Crippen molar-refractivity contribution in [1.82, 2.24) is 0 Å². The second-order valence-corrected chi connectivity index (χ2v) is 5.56. The number of aliphatic carboxylic acids is 1. The van der Waals surface area contributed by atoms with E-state index in [1.165, 1.54) is 24.3 Å². The van der Waals surface area contributed by atoms with Gasteiger partial charge in [0.15, 0.2) is 6.61 Å². The Bertz CT molecular complexity index is 591. The van der Waals surface area contributed by atoms with Crippen LogP contribution < -0.4 is 4.74 Å². The topological polar surface area (TPSA) is 103 Å². The molecule has 132 valence electrons. The number of carbonyl (C=O) groups is 1. The van der Waals surface area contributed by atoms with Crippen LogP contribution in [0.2, 0.25) is 0 Å². The summed E-state index contributed by atoms with van der Waals surface area (Å²) in [6.07, 6.45) is -4.08. The molecule has 0 aromatic heterocycles. The summed E-state index contributed by atoms with van der Waals surface area (Å²) in [5, 5.41) is 23.4. The zero-order chi connectivity index (χ0) is 18.2. The molecule has 0 radical (unpaired) electrons. The van der Waals surface area contributed by atoms with Crippen molar-refractivity contribution in [2.45, 2.75) is 19.0 Å². The molecule has 0 saturated heterocycles. The van der Waals surface area contributed by atoms with Crippen LogP contribution in [0.25, 0.3) is 0 Å². The number of hydrogen-bond donors (Lipinski definition) is 3. The van der Waals surface area contributed by atoms with E-state index in [1.54, 1.807) is 0 Å². The van der Waals surface area contributed by atoms with Crippen molar-refractivity contribution in [3.8, 4) is 5.75 Å². The normalized spacial score (nSPS) is 11.0. The van der Waals surface area contributed by atoms with Gasteiger partial charge in [-0.2, -0.15) is 13.2 Å². The first-order valence-electron chi connectivity index (χ1n) is 6.67. The van der Waals surface area contributed by atoms with Crippen LogP contribution in [0, 0.1) is 10.8 Å². The fourth-order valence-corrected chi connectivity index (χ4v) is 2.05. The van der Waals surface area contributed by atoms with Crippen LogP contribution in [-0.4, -0.2) is 40.7 Å². The second-order valence-electron chi connectivity index (χ2n) is 4.49. The molecular weight excluding hydrogens is 349 g/mol. The highest BCUT2D eigenvalue weighted by molar-refractivity contribution is 8.13. The smallest absolute Gasteiger partial charge is 0.422 e. The van der Waals surface area contributed by atoms with Gasteiger partial charge in [-0.25, -0.2) is 0 Å². The molecule has 0 amide bonds. The molecule has 1 rings (SSSR count). The SMILES string of the molecule is N=C(OC(=N)c1ccc(OCC(F)(F)F)cc1)SCCCC(=O)O. The lowest BCUT2D eigenvalue weighted by atomic mass is 10.2. The highest BCUT2D eigenvalue weighted by Gasteiger charge is 2.28. The Morgan fingerprint density at radius 1 is 1.21 bits per heavy atom. The monoisotopic (exact) mass is 364 g/mol. The Labute approximate surface area is 140 Å². The number of alkyl halides is 3. The predicted octanol–water partition coefficient (Wildman–Crippen LogP) is 3.50. The summed E-state index contributed by atoms with van der Waals surface area (Å²) < 4.78 is 45.6. The van der Waals surface area contributed by atoms with Gasteiger partial charge in [0.1, 0.15) is 5.75 Å². The number of benzene rings is 1. The zero-order valence-corrected chi connectivity index (χ0v) is 13.2. The van der Waals surface area contributed by atoms with Gasteiger partial charge in [0.05, 0.1) is 0 Å². The van der Waals surface area contributed by atoms with E-state index in [0.29, 0.717) is 12.2 Å². The number of hydrogen-bond acceptors (Lipinski definition) is 6. The lowest BCUT2D eigenvalue weighted by Crippen LogP contribution is -2.19. The zero-order valence-electron chi connectivity index (χ0n) is 12.4. The van der Waals surface area contributed by atoms with E-state index >= 15 is 0 Å². The molecule has 3 N–H and O–H groups in total. The van der Waals surface area contributed by atoms with Gasteiger partial charge in [0.2, 0.25) is 11.1 Å². The Morgan fingerprint density at radius 3 is 2.38 bits per heavy atom. The van der Waals surface area contributed by atoms with Crippen LogP contribution in [0.1, 0.15) is 18.4 Å². The highest BCUT2D eigenvalue weighted by atomic mass is 32.2. The molecule has 1 aromatic carbocycles. The predicted molar refractivity (Wildman–Crippen MR) is 83.0 cm³/mol. The quantitative estimate of drug-likeness (QED) is 0.390. The van der Waals surface area contributed by atoms with Crippen molar-refractivity contribution in [3.63, 3.8) is 0 Å². The number of ether oxygens (including phenoxy) is 2. The van der Waals surface area contributed by atoms with Crippen molar-refractivity contribution in [2.24, 2.45) is 0 Å². The van der Waals surface area contributed by atoms with Gasteiger partial charge in [-0.15, -0.1) is 0 Å². The van der Waals surface area contributed by atoms with E-state index in [-0.39, 0.29) is 28.9 Å². The summed E-state index contributed by atoms with van der Waals surface area (Å²) in [7, 11) is 0. The fraction of sp³-hybridized carbons (Fsp3) is 0.357. The fourth-order valence-electron chi connectivity index (χ4n) is 1.44. The van der Waals surface area contributed by atoms with Crippen LogP contribution in [0.4, 0.5) is 13.2 Å². The first-order valence-corrected chi connectivity index (χ1v) is 7.65. The van der Waals surface area contributed by atoms with Gasteiger partial charge in [-0.05, 0) is 30.7 Å². The molecule has 10 heteroatoms. The van der Waals surface area contributed by atoms with Crippen molar-refractivity contribution < 1.29 is 32.5 Å². The van der Waals surface area contributed by atoms with Gasteiger partial charge in [-0.3, -0.25) is 15.6 Å². The average Bonchev–Trinajstić information content (AvgIpc) is 2.49. The summed E-state index contributed by atoms with van der Waals surface area (Å²) in [4.78, 5) is 10.3. The number of rotatable bonds is 7. The molecule has 0 aliphatic rings. The Kier molecular flexibility index (Phi) is 7.56. The standard InChI is InChI=1S/C14H15F3N2O4S/c15-14(16,17)8-22-10-5-3-9(4-6-10)12(18)23-13(19)24-7-1-2-11(20)21/h3-6,18-19H,1-2,7-8H2,(H,20,21). The molecule has 0 fully saturated rings. The number of thioether (sulfide) groups is 1. The molecule has 0 spiro atoms. The number of carboxylic acid groups (broad SMARTS) is 1. The summed E-state index contributed by atoms with van der Waals surface area (Å²) >= 11 is 0.963. The van der Waals surface area contributed by atoms with Crippen molar-refractivity contribution >= 4 is 28.9 Å². The number of nitrogens with one attached hydrogen (secondary N) is 2. The second kappa shape index (κ2) is 9.16. The first kappa shape index (κ1) is 19.8. The third kappa shape index (κ3) is 8.42. The maximum atomic E-state index is 12.0. The average molecular weight is 364 g/mol. The van der Waals surface area contributed by atoms with Gasteiger partial charge in [0.25, 0.3) is 0 Å². The summed E-state index contributed by atoms with van der Waals surface area (Å²) in [6.45, 7) is -1.40. The Balaban J connectivity index is 2.42. The molecule has 0 heterocycles. The maximum Gasteiger partial charge on any atom is 0.422 e. The molecule has 0 aliphatic heterocycles. The minimum Gasteiger partial charge on any atom is -0.484 e. The number of carboxylic acids is 1. The molecule has 0 atom stereocenters. The van der Waals surface area contributed by atoms with E-state index in [0.717, 1.165) is 11.8 Å². The van der Waals surface area contributed by atoms with E-state index in [4.69, 9.17) is 20.7 Å². The molecule has 0 unspecified atom stereocenters. The molecular formula is C14H15F3N2O4S. The Morgan fingerprint density at radius 2 is 1.83 bits per heavy atom. The summed E-state index contributed by atoms with van der Waals surface area (Å²) in [6, 6.07) is 5.22. The van der Waals surface area contributed by atoms with Crippen LogP contribution in [0.15, 0.2) is 24.3 Å². The maximum absolute atomic E-state index is 12.0. The lowest BCUT2D eigenvalue weighted by Gasteiger charge is -2.10. The highest BCUT2D eigenvalue weighted by Crippen LogP contribution is 2.19. The lowest BCUT2D eigenvalue weighted by molar-refractivity contribution is -0.153. The molecule has 6 nitrogen and oxygen atoms in total. The van der Waals surface area contributed by atoms with Crippen LogP contribution >= 0.6 is 11.8 Å². The molecule has 1 aromatic rings. The minimum atomic E-state index is -4.43. The third-order valence-corrected chi connectivity index (χ3v) is 3.32. The molecule has 0 bridgehead atoms. The van der Waals surface area contributed by atoms with Gasteiger partial charge < -0.3 is 14.6 Å². The first-order chi connectivity index (χ1) is 11.2. The van der Waals surface area contributed by atoms with E-state index in [1.807, 2.05) is 0 Å². The van der Waals surface area contributed by atoms with Crippen molar-refractivity contribution in [1.29, 1.82) is 10.8 Å². The van der Waals surface area contributed by atoms with E-state index in [9.17, 15) is 18.0 Å². The largest absolute Gasteiger partial charge is 0.484 e. The van der Waals surface area contributed by atoms with Crippen LogP contribution in [0.3, 0.4) is 0 Å². The molecule has 24 heavy (non-hydrogen) atoms. The van der Waals surface area contributed by atoms with Crippen LogP contribution in [0.5, 0.6) is 5.75 Å². The summed E-state index contributed by atoms with van der Waals surface area (Å²) in [5.41, 5.74) is 0.269. The van der Waals surface area contributed by atoms with Crippen molar-refractivity contribution in [2.75, 3.05) is 12.4 Å². The number of halogens is 3. The summed E-state index contributed by atoms with van der Waals surface area (Å²) in [5.74, 6) is -0.901. The Hall–Kier alpha value is -2.23. The van der Waals surface area contributed by atoms with Gasteiger partial charge >= 0.3 is 12.1 Å². The van der Waals surface area contributed by atoms with Gasteiger partial charge in [0, 0.05) is 17.7 Å².